The lowest BCUT2D eigenvalue weighted by Crippen LogP contribution is -1.92. The maximum absolute atomic E-state index is 12.0. The van der Waals surface area contributed by atoms with E-state index in [9.17, 15) is 4.21 Å². The van der Waals surface area contributed by atoms with E-state index in [2.05, 4.69) is 15.9 Å². The molecule has 0 aliphatic heterocycles. The van der Waals surface area contributed by atoms with Gasteiger partial charge in [0.2, 0.25) is 0 Å². The van der Waals surface area contributed by atoms with Gasteiger partial charge in [-0.1, -0.05) is 57.9 Å². The average molecular weight is 356 g/mol. The summed E-state index contributed by atoms with van der Waals surface area (Å²) < 4.78 is 13.0. The maximum Gasteiger partial charge on any atom is 0.0541 e. The standard InChI is InChI=1S/C15H12BrClOS/c16-14-7-5-12(6-8-14)9-10-19(18)11-13-3-1-2-4-15(13)17/h1-10H,11H2. The van der Waals surface area contributed by atoms with E-state index in [4.69, 9.17) is 11.6 Å². The molecule has 0 spiro atoms. The van der Waals surface area contributed by atoms with Gasteiger partial charge in [-0.05, 0) is 35.4 Å². The van der Waals surface area contributed by atoms with Crippen LogP contribution in [0.25, 0.3) is 6.08 Å². The molecule has 0 saturated carbocycles. The molecular weight excluding hydrogens is 344 g/mol. The van der Waals surface area contributed by atoms with E-state index in [1.807, 2.05) is 54.6 Å². The Bertz CT molecular complexity index is 608. The van der Waals surface area contributed by atoms with Gasteiger partial charge in [-0.3, -0.25) is 4.21 Å². The molecular formula is C15H12BrClOS. The Morgan fingerprint density at radius 3 is 2.47 bits per heavy atom. The molecule has 0 bridgehead atoms. The van der Waals surface area contributed by atoms with Crippen LogP contribution in [-0.4, -0.2) is 4.21 Å². The Labute approximate surface area is 128 Å². The van der Waals surface area contributed by atoms with E-state index in [1.165, 1.54) is 0 Å². The van der Waals surface area contributed by atoms with Crippen LogP contribution in [0.3, 0.4) is 0 Å². The molecule has 0 saturated heterocycles. The first-order valence-corrected chi connectivity index (χ1v) is 8.25. The highest BCUT2D eigenvalue weighted by Gasteiger charge is 2.02. The quantitative estimate of drug-likeness (QED) is 0.752. The van der Waals surface area contributed by atoms with E-state index in [0.717, 1.165) is 15.6 Å². The Kier molecular flexibility index (Phi) is 5.37. The second-order valence-electron chi connectivity index (χ2n) is 3.97. The Hall–Kier alpha value is -0.900. The molecule has 0 radical (unpaired) electrons. The van der Waals surface area contributed by atoms with Crippen LogP contribution in [-0.2, 0) is 16.6 Å². The minimum atomic E-state index is -1.06. The van der Waals surface area contributed by atoms with Gasteiger partial charge in [0, 0.05) is 14.9 Å². The summed E-state index contributed by atoms with van der Waals surface area (Å²) in [6.07, 6.45) is 1.86. The van der Waals surface area contributed by atoms with Crippen molar-refractivity contribution in [3.63, 3.8) is 0 Å². The third kappa shape index (κ3) is 4.60. The largest absolute Gasteiger partial charge is 0.255 e. The van der Waals surface area contributed by atoms with Gasteiger partial charge in [0.15, 0.2) is 0 Å². The molecule has 2 rings (SSSR count). The topological polar surface area (TPSA) is 17.1 Å². The zero-order chi connectivity index (χ0) is 13.7. The predicted octanol–water partition coefficient (Wildman–Crippen LogP) is 5.02. The highest BCUT2D eigenvalue weighted by Crippen LogP contribution is 2.17. The number of hydrogen-bond acceptors (Lipinski definition) is 1. The predicted molar refractivity (Wildman–Crippen MR) is 86.5 cm³/mol. The van der Waals surface area contributed by atoms with Crippen LogP contribution in [0.2, 0.25) is 5.02 Å². The van der Waals surface area contributed by atoms with Gasteiger partial charge in [-0.15, -0.1) is 0 Å². The normalized spacial score (nSPS) is 12.7. The van der Waals surface area contributed by atoms with Crippen LogP contribution in [0.5, 0.6) is 0 Å². The van der Waals surface area contributed by atoms with Crippen molar-refractivity contribution in [2.45, 2.75) is 5.75 Å². The summed E-state index contributed by atoms with van der Waals surface area (Å²) in [4.78, 5) is 0. The molecule has 1 nitrogen and oxygen atoms in total. The van der Waals surface area contributed by atoms with E-state index in [1.54, 1.807) is 5.41 Å². The van der Waals surface area contributed by atoms with Gasteiger partial charge >= 0.3 is 0 Å². The summed E-state index contributed by atoms with van der Waals surface area (Å²) in [6, 6.07) is 15.3. The third-order valence-corrected chi connectivity index (χ3v) is 4.47. The molecule has 0 N–H and O–H groups in total. The van der Waals surface area contributed by atoms with E-state index in [-0.39, 0.29) is 0 Å². The van der Waals surface area contributed by atoms with Crippen molar-refractivity contribution in [2.75, 3.05) is 0 Å². The van der Waals surface area contributed by atoms with Crippen LogP contribution in [0.4, 0.5) is 0 Å². The average Bonchev–Trinajstić information content (AvgIpc) is 2.41. The molecule has 0 heterocycles. The fraction of sp³-hybridized carbons (Fsp3) is 0.0667. The summed E-state index contributed by atoms with van der Waals surface area (Å²) in [5.74, 6) is 0.437. The monoisotopic (exact) mass is 354 g/mol. The molecule has 0 aliphatic rings. The van der Waals surface area contributed by atoms with Crippen LogP contribution < -0.4 is 0 Å². The first-order valence-electron chi connectivity index (χ1n) is 5.69. The van der Waals surface area contributed by atoms with Crippen molar-refractivity contribution in [1.82, 2.24) is 0 Å². The Morgan fingerprint density at radius 2 is 1.79 bits per heavy atom. The molecule has 2 aromatic carbocycles. The van der Waals surface area contributed by atoms with E-state index in [0.29, 0.717) is 10.8 Å². The highest BCUT2D eigenvalue weighted by molar-refractivity contribution is 9.10. The fourth-order valence-corrected chi connectivity index (χ4v) is 3.05. The summed E-state index contributed by atoms with van der Waals surface area (Å²) >= 11 is 9.42. The summed E-state index contributed by atoms with van der Waals surface area (Å²) in [6.45, 7) is 0. The molecule has 1 unspecified atom stereocenters. The van der Waals surface area contributed by atoms with Crippen LogP contribution in [0, 0.1) is 0 Å². The van der Waals surface area contributed by atoms with Gasteiger partial charge in [-0.2, -0.15) is 0 Å². The van der Waals surface area contributed by atoms with Crippen molar-refractivity contribution in [3.8, 4) is 0 Å². The lowest BCUT2D eigenvalue weighted by molar-refractivity contribution is 0.688. The lowest BCUT2D eigenvalue weighted by Gasteiger charge is -2.01. The number of rotatable bonds is 4. The number of benzene rings is 2. The van der Waals surface area contributed by atoms with Gasteiger partial charge in [0.05, 0.1) is 16.6 Å². The zero-order valence-electron chi connectivity index (χ0n) is 10.1. The van der Waals surface area contributed by atoms with Gasteiger partial charge in [0.1, 0.15) is 0 Å². The third-order valence-electron chi connectivity index (χ3n) is 2.54. The second kappa shape index (κ2) is 7.04. The van der Waals surface area contributed by atoms with Crippen molar-refractivity contribution < 1.29 is 4.21 Å². The number of halogens is 2. The van der Waals surface area contributed by atoms with Crippen molar-refractivity contribution >= 4 is 44.4 Å². The molecule has 98 valence electrons. The number of hydrogen-bond donors (Lipinski definition) is 0. The van der Waals surface area contributed by atoms with Crippen molar-refractivity contribution in [3.05, 3.63) is 74.6 Å². The van der Waals surface area contributed by atoms with Crippen LogP contribution in [0.1, 0.15) is 11.1 Å². The van der Waals surface area contributed by atoms with Crippen LogP contribution in [0.15, 0.2) is 58.4 Å². The van der Waals surface area contributed by atoms with Gasteiger partial charge in [-0.25, -0.2) is 0 Å². The minimum Gasteiger partial charge on any atom is -0.255 e. The lowest BCUT2D eigenvalue weighted by atomic mass is 10.2. The molecule has 0 amide bonds. The molecule has 0 fully saturated rings. The SMILES string of the molecule is O=S(C=Cc1ccc(Br)cc1)Cc1ccccc1Cl. The van der Waals surface area contributed by atoms with Crippen molar-refractivity contribution in [1.29, 1.82) is 0 Å². The molecule has 1 atom stereocenters. The van der Waals surface area contributed by atoms with Crippen molar-refractivity contribution in [2.24, 2.45) is 0 Å². The Morgan fingerprint density at radius 1 is 1.11 bits per heavy atom. The summed E-state index contributed by atoms with van der Waals surface area (Å²) in [5.41, 5.74) is 1.93. The maximum atomic E-state index is 12.0. The van der Waals surface area contributed by atoms with E-state index >= 15 is 0 Å². The first kappa shape index (κ1) is 14.5. The molecule has 2 aromatic rings. The fourth-order valence-electron chi connectivity index (χ4n) is 1.55. The van der Waals surface area contributed by atoms with Gasteiger partial charge < -0.3 is 0 Å². The smallest absolute Gasteiger partial charge is 0.0541 e. The summed E-state index contributed by atoms with van der Waals surface area (Å²) in [7, 11) is -1.06. The van der Waals surface area contributed by atoms with Gasteiger partial charge in [0.25, 0.3) is 0 Å². The van der Waals surface area contributed by atoms with Crippen LogP contribution >= 0.6 is 27.5 Å². The highest BCUT2D eigenvalue weighted by atomic mass is 79.9. The Balaban J connectivity index is 2.02. The molecule has 0 aromatic heterocycles. The first-order chi connectivity index (χ1) is 9.15. The van der Waals surface area contributed by atoms with E-state index < -0.39 is 10.8 Å². The second-order valence-corrected chi connectivity index (χ2v) is 6.62. The molecule has 19 heavy (non-hydrogen) atoms. The molecule has 4 heteroatoms. The zero-order valence-corrected chi connectivity index (χ0v) is 13.2. The molecule has 0 aliphatic carbocycles. The summed E-state index contributed by atoms with van der Waals surface area (Å²) in [5, 5.41) is 2.36. The minimum absolute atomic E-state index is 0.437.